The van der Waals surface area contributed by atoms with Crippen LogP contribution in [-0.2, 0) is 11.3 Å². The molecule has 0 amide bonds. The Kier molecular flexibility index (Phi) is 4.36. The lowest BCUT2D eigenvalue weighted by Gasteiger charge is -2.34. The van der Waals surface area contributed by atoms with Gasteiger partial charge < -0.3 is 9.72 Å². The lowest BCUT2D eigenvalue weighted by Crippen LogP contribution is -2.39. The molecule has 122 valence electrons. The predicted molar refractivity (Wildman–Crippen MR) is 92.2 cm³/mol. The zero-order chi connectivity index (χ0) is 16.2. The van der Waals surface area contributed by atoms with E-state index in [1.165, 1.54) is 5.56 Å². The molecule has 3 heterocycles. The zero-order valence-corrected chi connectivity index (χ0v) is 13.4. The summed E-state index contributed by atoms with van der Waals surface area (Å²) < 4.78 is 5.71. The number of benzene rings is 1. The van der Waals surface area contributed by atoms with Crippen LogP contribution in [0.15, 0.2) is 61.1 Å². The average Bonchev–Trinajstić information content (AvgIpc) is 3.14. The van der Waals surface area contributed by atoms with Gasteiger partial charge in [-0.1, -0.05) is 30.3 Å². The standard InChI is InChI=1S/C19H20N4O/c1-2-5-15(6-3-1)13-23-9-10-24-14-18(23)19-21-12-17(22-19)16-7-4-8-20-11-16/h1-8,11-12,18H,9-10,13-14H2,(H,21,22)/t18-/m0/s1. The SMILES string of the molecule is c1ccc(CN2CCOC[C@H]2c2ncc(-c3cccnc3)[nH]2)cc1. The number of rotatable bonds is 4. The van der Waals surface area contributed by atoms with Crippen LogP contribution in [0.4, 0.5) is 0 Å². The number of ether oxygens (including phenoxy) is 1. The smallest absolute Gasteiger partial charge is 0.126 e. The van der Waals surface area contributed by atoms with Gasteiger partial charge in [0.05, 0.1) is 31.1 Å². The van der Waals surface area contributed by atoms with Crippen molar-refractivity contribution >= 4 is 0 Å². The molecule has 1 N–H and O–H groups in total. The van der Waals surface area contributed by atoms with Crippen LogP contribution in [0.1, 0.15) is 17.4 Å². The summed E-state index contributed by atoms with van der Waals surface area (Å²) in [6.45, 7) is 3.23. The molecule has 2 aromatic heterocycles. The minimum absolute atomic E-state index is 0.143. The first-order chi connectivity index (χ1) is 11.9. The van der Waals surface area contributed by atoms with Crippen LogP contribution in [0.25, 0.3) is 11.3 Å². The van der Waals surface area contributed by atoms with Gasteiger partial charge in [-0.05, 0) is 17.7 Å². The number of imidazole rings is 1. The summed E-state index contributed by atoms with van der Waals surface area (Å²) >= 11 is 0. The highest BCUT2D eigenvalue weighted by Gasteiger charge is 2.27. The molecule has 5 nitrogen and oxygen atoms in total. The Bertz CT molecular complexity index is 772. The maximum Gasteiger partial charge on any atom is 0.126 e. The zero-order valence-electron chi connectivity index (χ0n) is 13.4. The molecule has 0 spiro atoms. The molecule has 1 atom stereocenters. The van der Waals surface area contributed by atoms with E-state index in [0.717, 1.165) is 36.8 Å². The minimum atomic E-state index is 0.143. The fourth-order valence-electron chi connectivity index (χ4n) is 3.07. The quantitative estimate of drug-likeness (QED) is 0.803. The van der Waals surface area contributed by atoms with Gasteiger partial charge in [-0.3, -0.25) is 9.88 Å². The molecule has 5 heteroatoms. The summed E-state index contributed by atoms with van der Waals surface area (Å²) in [5, 5.41) is 0. The Morgan fingerprint density at radius 1 is 1.12 bits per heavy atom. The first kappa shape index (κ1) is 15.1. The summed E-state index contributed by atoms with van der Waals surface area (Å²) in [4.78, 5) is 14.6. The maximum absolute atomic E-state index is 5.71. The van der Waals surface area contributed by atoms with E-state index in [1.54, 1.807) is 6.20 Å². The van der Waals surface area contributed by atoms with E-state index in [-0.39, 0.29) is 6.04 Å². The van der Waals surface area contributed by atoms with Gasteiger partial charge in [-0.15, -0.1) is 0 Å². The number of hydrogen-bond acceptors (Lipinski definition) is 4. The number of aromatic nitrogens is 3. The van der Waals surface area contributed by atoms with Crippen LogP contribution in [-0.4, -0.2) is 39.6 Å². The summed E-state index contributed by atoms with van der Waals surface area (Å²) in [6, 6.07) is 14.6. The third-order valence-electron chi connectivity index (χ3n) is 4.35. The lowest BCUT2D eigenvalue weighted by molar-refractivity contribution is -0.0156. The van der Waals surface area contributed by atoms with E-state index in [4.69, 9.17) is 4.74 Å². The van der Waals surface area contributed by atoms with Crippen LogP contribution >= 0.6 is 0 Å². The van der Waals surface area contributed by atoms with Crippen molar-refractivity contribution in [3.63, 3.8) is 0 Å². The van der Waals surface area contributed by atoms with Crippen molar-refractivity contribution < 1.29 is 4.74 Å². The summed E-state index contributed by atoms with van der Waals surface area (Å²) in [6.07, 6.45) is 5.50. The molecule has 1 aliphatic heterocycles. The second-order valence-corrected chi connectivity index (χ2v) is 5.97. The molecule has 0 radical (unpaired) electrons. The summed E-state index contributed by atoms with van der Waals surface area (Å²) in [5.41, 5.74) is 3.34. The summed E-state index contributed by atoms with van der Waals surface area (Å²) in [7, 11) is 0. The van der Waals surface area contributed by atoms with E-state index >= 15 is 0 Å². The Morgan fingerprint density at radius 2 is 2.04 bits per heavy atom. The number of hydrogen-bond donors (Lipinski definition) is 1. The largest absolute Gasteiger partial charge is 0.378 e. The molecule has 1 aromatic carbocycles. The molecular weight excluding hydrogens is 300 g/mol. The second kappa shape index (κ2) is 6.95. The van der Waals surface area contributed by atoms with Crippen molar-refractivity contribution in [2.75, 3.05) is 19.8 Å². The van der Waals surface area contributed by atoms with Gasteiger partial charge >= 0.3 is 0 Å². The molecule has 0 saturated carbocycles. The average molecular weight is 320 g/mol. The van der Waals surface area contributed by atoms with Gasteiger partial charge in [0.15, 0.2) is 0 Å². The molecular formula is C19H20N4O. The normalized spacial score (nSPS) is 18.6. The highest BCUT2D eigenvalue weighted by molar-refractivity contribution is 5.56. The van der Waals surface area contributed by atoms with Crippen LogP contribution in [0.3, 0.4) is 0 Å². The maximum atomic E-state index is 5.71. The molecule has 1 saturated heterocycles. The van der Waals surface area contributed by atoms with Gasteiger partial charge in [0.2, 0.25) is 0 Å². The van der Waals surface area contributed by atoms with E-state index in [9.17, 15) is 0 Å². The summed E-state index contributed by atoms with van der Waals surface area (Å²) in [5.74, 6) is 0.949. The van der Waals surface area contributed by atoms with Gasteiger partial charge in [-0.25, -0.2) is 4.98 Å². The first-order valence-corrected chi connectivity index (χ1v) is 8.21. The number of nitrogens with zero attached hydrogens (tertiary/aromatic N) is 3. The van der Waals surface area contributed by atoms with E-state index in [2.05, 4.69) is 44.1 Å². The topological polar surface area (TPSA) is 54.0 Å². The van der Waals surface area contributed by atoms with Crippen LogP contribution < -0.4 is 0 Å². The second-order valence-electron chi connectivity index (χ2n) is 5.97. The third kappa shape index (κ3) is 3.22. The number of pyridine rings is 1. The Hall–Kier alpha value is -2.50. The molecule has 0 bridgehead atoms. The molecule has 1 fully saturated rings. The van der Waals surface area contributed by atoms with Crippen molar-refractivity contribution in [2.45, 2.75) is 12.6 Å². The van der Waals surface area contributed by atoms with Gasteiger partial charge in [-0.2, -0.15) is 0 Å². The molecule has 0 unspecified atom stereocenters. The van der Waals surface area contributed by atoms with Crippen molar-refractivity contribution in [1.29, 1.82) is 0 Å². The highest BCUT2D eigenvalue weighted by atomic mass is 16.5. The van der Waals surface area contributed by atoms with Crippen LogP contribution in [0.2, 0.25) is 0 Å². The van der Waals surface area contributed by atoms with E-state index in [1.807, 2.05) is 30.6 Å². The van der Waals surface area contributed by atoms with Crippen molar-refractivity contribution in [1.82, 2.24) is 19.9 Å². The number of morpholine rings is 1. The minimum Gasteiger partial charge on any atom is -0.378 e. The predicted octanol–water partition coefficient (Wildman–Crippen LogP) is 3.05. The van der Waals surface area contributed by atoms with Gasteiger partial charge in [0, 0.05) is 31.0 Å². The molecule has 3 aromatic rings. The van der Waals surface area contributed by atoms with Gasteiger partial charge in [0.25, 0.3) is 0 Å². The van der Waals surface area contributed by atoms with Crippen LogP contribution in [0, 0.1) is 0 Å². The highest BCUT2D eigenvalue weighted by Crippen LogP contribution is 2.26. The van der Waals surface area contributed by atoms with Crippen molar-refractivity contribution in [3.05, 3.63) is 72.4 Å². The Balaban J connectivity index is 1.56. The third-order valence-corrected chi connectivity index (χ3v) is 4.35. The fourth-order valence-corrected chi connectivity index (χ4v) is 3.07. The molecule has 24 heavy (non-hydrogen) atoms. The number of nitrogens with one attached hydrogen (secondary N) is 1. The lowest BCUT2D eigenvalue weighted by atomic mass is 10.1. The van der Waals surface area contributed by atoms with Crippen LogP contribution in [0.5, 0.6) is 0 Å². The van der Waals surface area contributed by atoms with Crippen molar-refractivity contribution in [2.24, 2.45) is 0 Å². The molecule has 4 rings (SSSR count). The monoisotopic (exact) mass is 320 g/mol. The first-order valence-electron chi connectivity index (χ1n) is 8.21. The number of H-pyrrole nitrogens is 1. The Labute approximate surface area is 141 Å². The fraction of sp³-hybridized carbons (Fsp3) is 0.263. The Morgan fingerprint density at radius 3 is 2.88 bits per heavy atom. The van der Waals surface area contributed by atoms with E-state index in [0.29, 0.717) is 6.61 Å². The van der Waals surface area contributed by atoms with Crippen molar-refractivity contribution in [3.8, 4) is 11.3 Å². The van der Waals surface area contributed by atoms with Gasteiger partial charge in [0.1, 0.15) is 5.82 Å². The number of aromatic amines is 1. The molecule has 0 aliphatic carbocycles. The van der Waals surface area contributed by atoms with E-state index < -0.39 is 0 Å². The molecule has 1 aliphatic rings.